The second-order valence-corrected chi connectivity index (χ2v) is 8.11. The molecule has 7 heteroatoms. The van der Waals surface area contributed by atoms with E-state index in [1.807, 2.05) is 49.1 Å². The Bertz CT molecular complexity index is 819. The lowest BCUT2D eigenvalue weighted by Crippen LogP contribution is -2.42. The summed E-state index contributed by atoms with van der Waals surface area (Å²) in [6.07, 6.45) is 3.30. The predicted octanol–water partition coefficient (Wildman–Crippen LogP) is 1.79. The van der Waals surface area contributed by atoms with E-state index in [1.165, 1.54) is 4.31 Å². The van der Waals surface area contributed by atoms with Crippen LogP contribution in [0.5, 0.6) is 0 Å². The molecule has 6 nitrogen and oxygen atoms in total. The number of anilines is 2. The first-order chi connectivity index (χ1) is 11.4. The van der Waals surface area contributed by atoms with Crippen molar-refractivity contribution in [3.8, 4) is 0 Å². The lowest BCUT2D eigenvalue weighted by Gasteiger charge is -2.35. The van der Waals surface area contributed by atoms with Crippen molar-refractivity contribution in [2.45, 2.75) is 11.4 Å². The average Bonchev–Trinajstić information content (AvgIpc) is 2.55. The average molecular weight is 346 g/mol. The van der Waals surface area contributed by atoms with Gasteiger partial charge in [0.05, 0.1) is 29.0 Å². The molecule has 1 aromatic heterocycles. The van der Waals surface area contributed by atoms with Crippen LogP contribution >= 0.6 is 0 Å². The number of hydrogen-bond donors (Lipinski definition) is 0. The number of sulfonamides is 1. The van der Waals surface area contributed by atoms with Gasteiger partial charge < -0.3 is 9.80 Å². The van der Waals surface area contributed by atoms with Gasteiger partial charge in [-0.05, 0) is 37.9 Å². The van der Waals surface area contributed by atoms with Crippen LogP contribution in [0, 0.1) is 0 Å². The fraction of sp³-hybridized carbons (Fsp3) is 0.353. The van der Waals surface area contributed by atoms with E-state index in [0.29, 0.717) is 23.7 Å². The molecule has 2 heterocycles. The first-order valence-electron chi connectivity index (χ1n) is 7.81. The highest BCUT2D eigenvalue weighted by atomic mass is 32.2. The highest BCUT2D eigenvalue weighted by Gasteiger charge is 2.30. The van der Waals surface area contributed by atoms with Crippen LogP contribution in [0.2, 0.25) is 0 Å². The Kier molecular flexibility index (Phi) is 4.47. The fourth-order valence-electron chi connectivity index (χ4n) is 2.88. The van der Waals surface area contributed by atoms with Crippen molar-refractivity contribution < 1.29 is 8.42 Å². The normalized spacial score (nSPS) is 14.8. The third-order valence-corrected chi connectivity index (χ3v) is 5.93. The molecule has 1 aliphatic heterocycles. The molecule has 2 aromatic rings. The van der Waals surface area contributed by atoms with E-state index in [2.05, 4.69) is 4.98 Å². The summed E-state index contributed by atoms with van der Waals surface area (Å²) < 4.78 is 27.6. The Hall–Kier alpha value is -2.12. The van der Waals surface area contributed by atoms with Crippen LogP contribution in [-0.4, -0.2) is 52.5 Å². The van der Waals surface area contributed by atoms with E-state index in [4.69, 9.17) is 0 Å². The van der Waals surface area contributed by atoms with E-state index in [9.17, 15) is 8.42 Å². The second kappa shape index (κ2) is 6.41. The number of nitrogens with zero attached hydrogens (tertiary/aromatic N) is 4. The molecule has 0 fully saturated rings. The van der Waals surface area contributed by atoms with Crippen molar-refractivity contribution in [1.29, 1.82) is 0 Å². The van der Waals surface area contributed by atoms with E-state index >= 15 is 0 Å². The number of aromatic nitrogens is 1. The Morgan fingerprint density at radius 3 is 2.46 bits per heavy atom. The maximum absolute atomic E-state index is 13.1. The minimum absolute atomic E-state index is 0.310. The van der Waals surface area contributed by atoms with Crippen LogP contribution in [0.15, 0.2) is 47.6 Å². The van der Waals surface area contributed by atoms with Crippen LogP contribution < -0.4 is 9.21 Å². The summed E-state index contributed by atoms with van der Waals surface area (Å²) in [6.45, 7) is 1.84. The molecule has 0 N–H and O–H groups in total. The molecular formula is C17H22N4O2S. The van der Waals surface area contributed by atoms with Crippen molar-refractivity contribution in [1.82, 2.24) is 9.88 Å². The second-order valence-electron chi connectivity index (χ2n) is 6.24. The minimum atomic E-state index is -3.59. The number of hydrogen-bond acceptors (Lipinski definition) is 5. The maximum Gasteiger partial charge on any atom is 0.264 e. The van der Waals surface area contributed by atoms with Crippen LogP contribution in [0.25, 0.3) is 0 Å². The van der Waals surface area contributed by atoms with Gasteiger partial charge in [-0.25, -0.2) is 8.42 Å². The van der Waals surface area contributed by atoms with Gasteiger partial charge in [0.1, 0.15) is 0 Å². The standard InChI is InChI=1S/C17H22N4O2S/c1-19(2)13-14-4-6-15(7-5-14)24(22,23)21-11-10-20(3)16-8-9-18-12-17(16)21/h4-9,12H,10-11,13H2,1-3H3. The highest BCUT2D eigenvalue weighted by molar-refractivity contribution is 7.92. The van der Waals surface area contributed by atoms with Crippen molar-refractivity contribution in [2.75, 3.05) is 43.4 Å². The summed E-state index contributed by atoms with van der Waals surface area (Å²) >= 11 is 0. The molecule has 0 atom stereocenters. The smallest absolute Gasteiger partial charge is 0.264 e. The number of benzene rings is 1. The van der Waals surface area contributed by atoms with Crippen LogP contribution in [0.1, 0.15) is 5.56 Å². The third-order valence-electron chi connectivity index (χ3n) is 4.11. The van der Waals surface area contributed by atoms with Crippen molar-refractivity contribution in [3.63, 3.8) is 0 Å². The molecule has 1 aromatic carbocycles. The molecule has 128 valence electrons. The fourth-order valence-corrected chi connectivity index (χ4v) is 4.34. The summed E-state index contributed by atoms with van der Waals surface area (Å²) in [5.74, 6) is 0. The Morgan fingerprint density at radius 1 is 1.08 bits per heavy atom. The monoisotopic (exact) mass is 346 g/mol. The number of likely N-dealkylation sites (N-methyl/N-ethyl adjacent to an activating group) is 1. The van der Waals surface area contributed by atoms with Gasteiger partial charge >= 0.3 is 0 Å². The zero-order valence-electron chi connectivity index (χ0n) is 14.2. The molecular weight excluding hydrogens is 324 g/mol. The Morgan fingerprint density at radius 2 is 1.79 bits per heavy atom. The third kappa shape index (κ3) is 3.09. The maximum atomic E-state index is 13.1. The van der Waals surface area contributed by atoms with Gasteiger partial charge in [0.2, 0.25) is 0 Å². The predicted molar refractivity (Wildman–Crippen MR) is 95.9 cm³/mol. The molecule has 0 saturated carbocycles. The molecule has 24 heavy (non-hydrogen) atoms. The van der Waals surface area contributed by atoms with Gasteiger partial charge in [0.25, 0.3) is 10.0 Å². The molecule has 0 saturated heterocycles. The van der Waals surface area contributed by atoms with Gasteiger partial charge in [-0.3, -0.25) is 9.29 Å². The highest BCUT2D eigenvalue weighted by Crippen LogP contribution is 2.34. The van der Waals surface area contributed by atoms with E-state index < -0.39 is 10.0 Å². The van der Waals surface area contributed by atoms with E-state index in [-0.39, 0.29) is 0 Å². The Labute approximate surface area is 143 Å². The zero-order chi connectivity index (χ0) is 17.3. The zero-order valence-corrected chi connectivity index (χ0v) is 15.0. The van der Waals surface area contributed by atoms with Gasteiger partial charge in [0.15, 0.2) is 0 Å². The number of pyridine rings is 1. The molecule has 0 spiro atoms. The SMILES string of the molecule is CN(C)Cc1ccc(S(=O)(=O)N2CCN(C)c3ccncc32)cc1. The molecule has 0 radical (unpaired) electrons. The molecule has 1 aliphatic rings. The lowest BCUT2D eigenvalue weighted by molar-refractivity contribution is 0.402. The van der Waals surface area contributed by atoms with E-state index in [0.717, 1.165) is 17.8 Å². The Balaban J connectivity index is 1.95. The van der Waals surface area contributed by atoms with Crippen LogP contribution in [0.4, 0.5) is 11.4 Å². The molecule has 0 amide bonds. The molecule has 0 bridgehead atoms. The lowest BCUT2D eigenvalue weighted by atomic mass is 10.2. The van der Waals surface area contributed by atoms with Crippen molar-refractivity contribution >= 4 is 21.4 Å². The van der Waals surface area contributed by atoms with Crippen LogP contribution in [-0.2, 0) is 16.6 Å². The van der Waals surface area contributed by atoms with Crippen LogP contribution in [0.3, 0.4) is 0 Å². The van der Waals surface area contributed by atoms with Gasteiger partial charge in [-0.15, -0.1) is 0 Å². The van der Waals surface area contributed by atoms with Crippen molar-refractivity contribution in [3.05, 3.63) is 48.3 Å². The van der Waals surface area contributed by atoms with E-state index in [1.54, 1.807) is 24.5 Å². The molecule has 0 aliphatic carbocycles. The number of rotatable bonds is 4. The minimum Gasteiger partial charge on any atom is -0.371 e. The summed E-state index contributed by atoms with van der Waals surface area (Å²) in [4.78, 5) is 8.50. The molecule has 0 unspecified atom stereocenters. The summed E-state index contributed by atoms with van der Waals surface area (Å²) in [7, 11) is 2.34. The van der Waals surface area contributed by atoms with Gasteiger partial charge in [-0.2, -0.15) is 0 Å². The topological polar surface area (TPSA) is 56.8 Å². The molecule has 3 rings (SSSR count). The largest absolute Gasteiger partial charge is 0.371 e. The quantitative estimate of drug-likeness (QED) is 0.845. The van der Waals surface area contributed by atoms with Gasteiger partial charge in [0, 0.05) is 26.3 Å². The van der Waals surface area contributed by atoms with Crippen molar-refractivity contribution in [2.24, 2.45) is 0 Å². The summed E-state index contributed by atoms with van der Waals surface area (Å²) in [5, 5.41) is 0. The first kappa shape index (κ1) is 16.7. The summed E-state index contributed by atoms with van der Waals surface area (Å²) in [6, 6.07) is 8.95. The van der Waals surface area contributed by atoms with Gasteiger partial charge in [-0.1, -0.05) is 12.1 Å². The number of fused-ring (bicyclic) bond motifs is 1. The first-order valence-corrected chi connectivity index (χ1v) is 9.25. The summed E-state index contributed by atoms with van der Waals surface area (Å²) in [5.41, 5.74) is 2.59.